The molecular weight excluding hydrogens is 170 g/mol. The first-order valence-corrected chi connectivity index (χ1v) is 5.65. The zero-order valence-corrected chi connectivity index (χ0v) is 8.66. The molecule has 1 nitrogen and oxygen atoms in total. The molecule has 1 aromatic rings. The van der Waals surface area contributed by atoms with Crippen molar-refractivity contribution >= 4 is 0 Å². The molecule has 74 valence electrons. The fraction of sp³-hybridized carbons (Fsp3) is 0.538. The van der Waals surface area contributed by atoms with Crippen LogP contribution in [0.3, 0.4) is 0 Å². The van der Waals surface area contributed by atoms with Gasteiger partial charge < -0.3 is 5.32 Å². The van der Waals surface area contributed by atoms with Crippen molar-refractivity contribution in [3.8, 4) is 0 Å². The van der Waals surface area contributed by atoms with E-state index in [2.05, 4.69) is 36.6 Å². The minimum Gasteiger partial charge on any atom is -0.316 e. The Labute approximate surface area is 85.5 Å². The highest BCUT2D eigenvalue weighted by Gasteiger charge is 2.40. The van der Waals surface area contributed by atoms with Gasteiger partial charge in [-0.05, 0) is 43.4 Å². The van der Waals surface area contributed by atoms with Crippen LogP contribution in [0.1, 0.15) is 29.9 Å². The van der Waals surface area contributed by atoms with Crippen molar-refractivity contribution in [1.82, 2.24) is 5.32 Å². The average molecular weight is 187 g/mol. The highest BCUT2D eigenvalue weighted by molar-refractivity contribution is 5.41. The van der Waals surface area contributed by atoms with Crippen LogP contribution < -0.4 is 5.32 Å². The lowest BCUT2D eigenvalue weighted by atomic mass is 9.72. The fourth-order valence-electron chi connectivity index (χ4n) is 2.84. The van der Waals surface area contributed by atoms with Crippen LogP contribution in [0.15, 0.2) is 24.3 Å². The highest BCUT2D eigenvalue weighted by Crippen LogP contribution is 2.45. The van der Waals surface area contributed by atoms with Crippen molar-refractivity contribution in [3.05, 3.63) is 35.4 Å². The van der Waals surface area contributed by atoms with Gasteiger partial charge in [0.2, 0.25) is 0 Å². The van der Waals surface area contributed by atoms with Gasteiger partial charge in [-0.1, -0.05) is 24.3 Å². The maximum Gasteiger partial charge on any atom is 0.0164 e. The summed E-state index contributed by atoms with van der Waals surface area (Å²) in [5, 5.41) is 3.51. The third-order valence-electron chi connectivity index (χ3n) is 3.79. The van der Waals surface area contributed by atoms with Gasteiger partial charge in [0, 0.05) is 12.0 Å². The van der Waals surface area contributed by atoms with Crippen LogP contribution in [0.2, 0.25) is 0 Å². The van der Waals surface area contributed by atoms with E-state index in [4.69, 9.17) is 0 Å². The minimum absolute atomic E-state index is 0.741. The Morgan fingerprint density at radius 1 is 1.29 bits per heavy atom. The van der Waals surface area contributed by atoms with Crippen LogP contribution in [0.5, 0.6) is 0 Å². The number of hydrogen-bond acceptors (Lipinski definition) is 1. The first-order chi connectivity index (χ1) is 6.90. The van der Waals surface area contributed by atoms with Gasteiger partial charge in [0.25, 0.3) is 0 Å². The largest absolute Gasteiger partial charge is 0.316 e. The summed E-state index contributed by atoms with van der Waals surface area (Å²) >= 11 is 0. The predicted octanol–water partition coefficient (Wildman–Crippen LogP) is 2.32. The number of benzene rings is 1. The standard InChI is InChI=1S/C13H17N/c1-14-13(9-6-7-9)12-8-10-4-2-3-5-11(10)12/h2-5,9,12-14H,6-8H2,1H3. The van der Waals surface area contributed by atoms with E-state index in [0.29, 0.717) is 0 Å². The first-order valence-electron chi connectivity index (χ1n) is 5.65. The molecule has 2 unspecified atom stereocenters. The monoisotopic (exact) mass is 187 g/mol. The average Bonchev–Trinajstić information content (AvgIpc) is 2.98. The minimum atomic E-state index is 0.741. The molecule has 0 saturated heterocycles. The van der Waals surface area contributed by atoms with Crippen LogP contribution in [0, 0.1) is 5.92 Å². The van der Waals surface area contributed by atoms with Crippen molar-refractivity contribution in [1.29, 1.82) is 0 Å². The lowest BCUT2D eigenvalue weighted by molar-refractivity contribution is 0.386. The predicted molar refractivity (Wildman–Crippen MR) is 58.5 cm³/mol. The van der Waals surface area contributed by atoms with Crippen molar-refractivity contribution in [3.63, 3.8) is 0 Å². The van der Waals surface area contributed by atoms with E-state index in [1.54, 1.807) is 11.1 Å². The second-order valence-corrected chi connectivity index (χ2v) is 4.66. The van der Waals surface area contributed by atoms with Crippen LogP contribution in [-0.2, 0) is 6.42 Å². The van der Waals surface area contributed by atoms with Crippen LogP contribution >= 0.6 is 0 Å². The topological polar surface area (TPSA) is 12.0 Å². The fourth-order valence-corrected chi connectivity index (χ4v) is 2.84. The summed E-state index contributed by atoms with van der Waals surface area (Å²) in [6, 6.07) is 9.64. The third-order valence-corrected chi connectivity index (χ3v) is 3.79. The van der Waals surface area contributed by atoms with E-state index >= 15 is 0 Å². The lowest BCUT2D eigenvalue weighted by Gasteiger charge is -2.36. The molecule has 1 N–H and O–H groups in total. The van der Waals surface area contributed by atoms with Crippen LogP contribution in [0.4, 0.5) is 0 Å². The Bertz CT molecular complexity index is 341. The summed E-state index contributed by atoms with van der Waals surface area (Å²) in [5.41, 5.74) is 3.16. The molecule has 0 bridgehead atoms. The molecular formula is C13H17N. The number of hydrogen-bond donors (Lipinski definition) is 1. The lowest BCUT2D eigenvalue weighted by Crippen LogP contribution is -2.39. The van der Waals surface area contributed by atoms with Gasteiger partial charge in [-0.3, -0.25) is 0 Å². The van der Waals surface area contributed by atoms with E-state index in [1.165, 1.54) is 19.3 Å². The van der Waals surface area contributed by atoms with Crippen molar-refractivity contribution < 1.29 is 0 Å². The molecule has 1 aromatic carbocycles. The van der Waals surface area contributed by atoms with Gasteiger partial charge in [0.05, 0.1) is 0 Å². The molecule has 0 spiro atoms. The maximum atomic E-state index is 3.51. The highest BCUT2D eigenvalue weighted by atomic mass is 14.9. The molecule has 1 heteroatoms. The molecule has 2 aliphatic rings. The summed E-state index contributed by atoms with van der Waals surface area (Å²) < 4.78 is 0. The van der Waals surface area contributed by atoms with Crippen molar-refractivity contribution in [2.45, 2.75) is 31.2 Å². The summed E-state index contributed by atoms with van der Waals surface area (Å²) in [6.45, 7) is 0. The van der Waals surface area contributed by atoms with Gasteiger partial charge in [-0.2, -0.15) is 0 Å². The van der Waals surface area contributed by atoms with E-state index in [0.717, 1.165) is 17.9 Å². The van der Waals surface area contributed by atoms with Gasteiger partial charge in [-0.15, -0.1) is 0 Å². The summed E-state index contributed by atoms with van der Waals surface area (Å²) in [6.07, 6.45) is 4.16. The molecule has 0 heterocycles. The number of fused-ring (bicyclic) bond motifs is 1. The molecule has 14 heavy (non-hydrogen) atoms. The number of nitrogens with one attached hydrogen (secondary N) is 1. The van der Waals surface area contributed by atoms with Gasteiger partial charge in [-0.25, -0.2) is 0 Å². The molecule has 3 rings (SSSR count). The Kier molecular flexibility index (Phi) is 1.88. The van der Waals surface area contributed by atoms with Gasteiger partial charge in [0.15, 0.2) is 0 Å². The Morgan fingerprint density at radius 3 is 2.71 bits per heavy atom. The smallest absolute Gasteiger partial charge is 0.0164 e. The molecule has 0 amide bonds. The molecule has 0 radical (unpaired) electrons. The molecule has 1 fully saturated rings. The van der Waals surface area contributed by atoms with Gasteiger partial charge in [0.1, 0.15) is 0 Å². The van der Waals surface area contributed by atoms with Crippen molar-refractivity contribution in [2.75, 3.05) is 7.05 Å². The maximum absolute atomic E-state index is 3.51. The van der Waals surface area contributed by atoms with E-state index in [9.17, 15) is 0 Å². The van der Waals surface area contributed by atoms with Crippen molar-refractivity contribution in [2.24, 2.45) is 5.92 Å². The molecule has 2 atom stereocenters. The number of likely N-dealkylation sites (N-methyl/N-ethyl adjacent to an activating group) is 1. The second kappa shape index (κ2) is 3.09. The van der Waals surface area contributed by atoms with E-state index < -0.39 is 0 Å². The zero-order chi connectivity index (χ0) is 9.54. The Balaban J connectivity index is 1.82. The second-order valence-electron chi connectivity index (χ2n) is 4.66. The van der Waals surface area contributed by atoms with Crippen LogP contribution in [-0.4, -0.2) is 13.1 Å². The SMILES string of the molecule is CNC(C1CC1)C1Cc2ccccc21. The van der Waals surface area contributed by atoms with E-state index in [1.807, 2.05) is 0 Å². The summed E-state index contributed by atoms with van der Waals surface area (Å²) in [4.78, 5) is 0. The molecule has 1 saturated carbocycles. The van der Waals surface area contributed by atoms with E-state index in [-0.39, 0.29) is 0 Å². The van der Waals surface area contributed by atoms with Gasteiger partial charge >= 0.3 is 0 Å². The van der Waals surface area contributed by atoms with Crippen LogP contribution in [0.25, 0.3) is 0 Å². The first kappa shape index (κ1) is 8.49. The third kappa shape index (κ3) is 1.19. The molecule has 2 aliphatic carbocycles. The molecule has 0 aromatic heterocycles. The quantitative estimate of drug-likeness (QED) is 0.765. The summed E-state index contributed by atoms with van der Waals surface area (Å²) in [7, 11) is 2.12. The zero-order valence-electron chi connectivity index (χ0n) is 8.66. The number of rotatable bonds is 3. The normalized spacial score (nSPS) is 26.5. The molecule has 0 aliphatic heterocycles. The Morgan fingerprint density at radius 2 is 2.07 bits per heavy atom. The summed E-state index contributed by atoms with van der Waals surface area (Å²) in [5.74, 6) is 1.75. The Hall–Kier alpha value is -0.820.